The van der Waals surface area contributed by atoms with Gasteiger partial charge in [-0.05, 0) is 24.5 Å². The van der Waals surface area contributed by atoms with Gasteiger partial charge in [0, 0.05) is 30.1 Å². The van der Waals surface area contributed by atoms with Crippen LogP contribution < -0.4 is 0 Å². The normalized spacial score (nSPS) is 16.8. The van der Waals surface area contributed by atoms with E-state index in [-0.39, 0.29) is 6.10 Å². The van der Waals surface area contributed by atoms with Gasteiger partial charge in [-0.1, -0.05) is 45.9 Å². The van der Waals surface area contributed by atoms with Crippen molar-refractivity contribution in [3.05, 3.63) is 35.5 Å². The lowest BCUT2D eigenvalue weighted by molar-refractivity contribution is 0.158. The number of aliphatic hydroxyl groups excluding tert-OH is 1. The minimum Gasteiger partial charge on any atom is -0.393 e. The molecule has 1 N–H and O–H groups in total. The molecular weight excluding hydrogens is 234 g/mol. The quantitative estimate of drug-likeness (QED) is 0.759. The van der Waals surface area contributed by atoms with Crippen molar-refractivity contribution in [3.63, 3.8) is 0 Å². The molecule has 0 saturated carbocycles. The molecule has 2 nitrogen and oxygen atoms in total. The minimum absolute atomic E-state index is 0.150. The number of aliphatic hydroxyl groups is 1. The highest BCUT2D eigenvalue weighted by Crippen LogP contribution is 2.31. The summed E-state index contributed by atoms with van der Waals surface area (Å²) in [4.78, 5) is 0. The maximum absolute atomic E-state index is 9.72. The van der Waals surface area contributed by atoms with Gasteiger partial charge in [-0.2, -0.15) is 0 Å². The van der Waals surface area contributed by atoms with Crippen LogP contribution in [-0.2, 0) is 19.9 Å². The molecule has 0 saturated heterocycles. The van der Waals surface area contributed by atoms with Gasteiger partial charge >= 0.3 is 0 Å². The zero-order chi connectivity index (χ0) is 14.4. The Morgan fingerprint density at radius 3 is 2.42 bits per heavy atom. The van der Waals surface area contributed by atoms with Crippen molar-refractivity contribution in [2.45, 2.75) is 53.1 Å². The lowest BCUT2D eigenvalue weighted by atomic mass is 9.93. The van der Waals surface area contributed by atoms with Crippen LogP contribution in [0.25, 0.3) is 10.9 Å². The Morgan fingerprint density at radius 2 is 1.74 bits per heavy atom. The van der Waals surface area contributed by atoms with E-state index in [1.165, 1.54) is 22.2 Å². The maximum atomic E-state index is 9.72. The number of rotatable bonds is 0. The zero-order valence-electron chi connectivity index (χ0n) is 12.9. The monoisotopic (exact) mass is 261 g/mol. The highest BCUT2D eigenvalue weighted by Gasteiger charge is 2.22. The van der Waals surface area contributed by atoms with Crippen molar-refractivity contribution >= 4 is 10.9 Å². The number of nitrogens with zero attached hydrogens (tertiary/aromatic N) is 1. The SMILES string of the molecule is CC.CC.Cn1c2c(c3ccccc31)CC(O)CC2. The second-order valence-electron chi connectivity index (χ2n) is 4.40. The molecule has 2 heteroatoms. The van der Waals surface area contributed by atoms with Crippen molar-refractivity contribution < 1.29 is 5.11 Å². The van der Waals surface area contributed by atoms with Gasteiger partial charge in [0.25, 0.3) is 0 Å². The standard InChI is InChI=1S/C13H15NO.2C2H6/c1-14-12-5-3-2-4-10(12)11-8-9(15)6-7-13(11)14;2*1-2/h2-5,9,15H,6-8H2,1H3;2*1-2H3. The molecule has 1 heterocycles. The number of hydrogen-bond acceptors (Lipinski definition) is 1. The van der Waals surface area contributed by atoms with Crippen LogP contribution in [-0.4, -0.2) is 15.8 Å². The zero-order valence-corrected chi connectivity index (χ0v) is 12.9. The van der Waals surface area contributed by atoms with E-state index < -0.39 is 0 Å². The first kappa shape index (κ1) is 15.8. The van der Waals surface area contributed by atoms with Crippen LogP contribution >= 0.6 is 0 Å². The molecule has 3 rings (SSSR count). The van der Waals surface area contributed by atoms with Gasteiger partial charge in [0.1, 0.15) is 0 Å². The van der Waals surface area contributed by atoms with E-state index in [1.54, 1.807) is 0 Å². The fraction of sp³-hybridized carbons (Fsp3) is 0.529. The number of fused-ring (bicyclic) bond motifs is 3. The van der Waals surface area contributed by atoms with Crippen molar-refractivity contribution in [2.24, 2.45) is 7.05 Å². The first-order valence-corrected chi connectivity index (χ1v) is 7.50. The molecule has 0 bridgehead atoms. The molecule has 19 heavy (non-hydrogen) atoms. The Labute approximate surface area is 117 Å². The third kappa shape index (κ3) is 3.01. The fourth-order valence-corrected chi connectivity index (χ4v) is 2.71. The molecule has 0 spiro atoms. The van der Waals surface area contributed by atoms with Gasteiger partial charge in [0.15, 0.2) is 0 Å². The Hall–Kier alpha value is -1.28. The van der Waals surface area contributed by atoms with Gasteiger partial charge in [0.2, 0.25) is 0 Å². The Bertz CT molecular complexity index is 513. The third-order valence-corrected chi connectivity index (χ3v) is 3.50. The van der Waals surface area contributed by atoms with Crippen LogP contribution in [0.5, 0.6) is 0 Å². The van der Waals surface area contributed by atoms with Gasteiger partial charge in [-0.3, -0.25) is 0 Å². The van der Waals surface area contributed by atoms with E-state index in [0.717, 1.165) is 19.3 Å². The third-order valence-electron chi connectivity index (χ3n) is 3.50. The first-order valence-electron chi connectivity index (χ1n) is 7.50. The van der Waals surface area contributed by atoms with E-state index in [0.29, 0.717) is 0 Å². The second-order valence-corrected chi connectivity index (χ2v) is 4.40. The molecule has 1 aliphatic rings. The topological polar surface area (TPSA) is 25.2 Å². The fourth-order valence-electron chi connectivity index (χ4n) is 2.71. The van der Waals surface area contributed by atoms with Gasteiger partial charge < -0.3 is 9.67 Å². The van der Waals surface area contributed by atoms with Crippen LogP contribution in [0.2, 0.25) is 0 Å². The molecule has 1 unspecified atom stereocenters. The minimum atomic E-state index is -0.150. The lowest BCUT2D eigenvalue weighted by Crippen LogP contribution is -2.19. The average molecular weight is 261 g/mol. The van der Waals surface area contributed by atoms with Gasteiger partial charge in [-0.25, -0.2) is 0 Å². The van der Waals surface area contributed by atoms with Crippen molar-refractivity contribution in [2.75, 3.05) is 0 Å². The molecule has 0 amide bonds. The summed E-state index contributed by atoms with van der Waals surface area (Å²) in [5.41, 5.74) is 4.05. The van der Waals surface area contributed by atoms with E-state index in [4.69, 9.17) is 0 Å². The molecule has 0 fully saturated rings. The predicted octanol–water partition coefficient (Wildman–Crippen LogP) is 4.08. The summed E-state index contributed by atoms with van der Waals surface area (Å²) < 4.78 is 2.27. The summed E-state index contributed by atoms with van der Waals surface area (Å²) in [5.74, 6) is 0. The molecule has 1 aromatic carbocycles. The molecule has 1 aliphatic carbocycles. The highest BCUT2D eigenvalue weighted by atomic mass is 16.3. The number of benzene rings is 1. The Morgan fingerprint density at radius 1 is 1.11 bits per heavy atom. The van der Waals surface area contributed by atoms with Crippen LogP contribution in [0.1, 0.15) is 45.4 Å². The molecule has 1 atom stereocenters. The number of aryl methyl sites for hydroxylation is 1. The lowest BCUT2D eigenvalue weighted by Gasteiger charge is -2.18. The maximum Gasteiger partial charge on any atom is 0.0585 e. The van der Waals surface area contributed by atoms with E-state index in [1.807, 2.05) is 27.7 Å². The number of aromatic nitrogens is 1. The second kappa shape index (κ2) is 7.34. The van der Waals surface area contributed by atoms with E-state index in [2.05, 4.69) is 35.9 Å². The molecule has 2 aromatic rings. The Balaban J connectivity index is 0.000000415. The summed E-state index contributed by atoms with van der Waals surface area (Å²) in [6.07, 6.45) is 2.57. The van der Waals surface area contributed by atoms with Crippen LogP contribution in [0.15, 0.2) is 24.3 Å². The van der Waals surface area contributed by atoms with Crippen molar-refractivity contribution in [3.8, 4) is 0 Å². The van der Waals surface area contributed by atoms with E-state index in [9.17, 15) is 5.11 Å². The largest absolute Gasteiger partial charge is 0.393 e. The summed E-state index contributed by atoms with van der Waals surface area (Å²) in [6.45, 7) is 8.00. The number of hydrogen-bond donors (Lipinski definition) is 1. The average Bonchev–Trinajstić information content (AvgIpc) is 2.77. The van der Waals surface area contributed by atoms with Crippen molar-refractivity contribution in [1.29, 1.82) is 0 Å². The van der Waals surface area contributed by atoms with Crippen molar-refractivity contribution in [1.82, 2.24) is 4.57 Å². The van der Waals surface area contributed by atoms with Crippen LogP contribution in [0, 0.1) is 0 Å². The summed E-state index contributed by atoms with van der Waals surface area (Å²) >= 11 is 0. The smallest absolute Gasteiger partial charge is 0.0585 e. The van der Waals surface area contributed by atoms with Gasteiger partial charge in [-0.15, -0.1) is 0 Å². The molecule has 106 valence electrons. The van der Waals surface area contributed by atoms with Crippen LogP contribution in [0.4, 0.5) is 0 Å². The summed E-state index contributed by atoms with van der Waals surface area (Å²) in [5, 5.41) is 11.0. The summed E-state index contributed by atoms with van der Waals surface area (Å²) in [6, 6.07) is 8.46. The summed E-state index contributed by atoms with van der Waals surface area (Å²) in [7, 11) is 2.12. The molecule has 0 radical (unpaired) electrons. The van der Waals surface area contributed by atoms with Crippen LogP contribution in [0.3, 0.4) is 0 Å². The predicted molar refractivity (Wildman–Crippen MR) is 83.6 cm³/mol. The molecule has 1 aromatic heterocycles. The van der Waals surface area contributed by atoms with Gasteiger partial charge in [0.05, 0.1) is 6.10 Å². The Kier molecular flexibility index (Phi) is 6.10. The van der Waals surface area contributed by atoms with E-state index >= 15 is 0 Å². The first-order chi connectivity index (χ1) is 9.27. The molecular formula is C17H27NO. The number of para-hydroxylation sites is 1. The molecule has 0 aliphatic heterocycles. The highest BCUT2D eigenvalue weighted by molar-refractivity contribution is 5.85.